The van der Waals surface area contributed by atoms with Gasteiger partial charge >= 0.3 is 18.1 Å². The summed E-state index contributed by atoms with van der Waals surface area (Å²) in [6, 6.07) is 11.0. The van der Waals surface area contributed by atoms with Crippen LogP contribution in [0, 0.1) is 6.92 Å². The Bertz CT molecular complexity index is 1330. The molecule has 0 radical (unpaired) electrons. The van der Waals surface area contributed by atoms with Gasteiger partial charge in [0.25, 0.3) is 10.0 Å². The van der Waals surface area contributed by atoms with Crippen LogP contribution >= 0.6 is 0 Å². The van der Waals surface area contributed by atoms with E-state index >= 15 is 0 Å². The number of alkyl halides is 3. The molecule has 0 saturated carbocycles. The van der Waals surface area contributed by atoms with Gasteiger partial charge in [0.15, 0.2) is 0 Å². The zero-order valence-electron chi connectivity index (χ0n) is 22.3. The van der Waals surface area contributed by atoms with Crippen molar-refractivity contribution in [3.8, 4) is 0 Å². The third kappa shape index (κ3) is 10.2. The van der Waals surface area contributed by atoms with E-state index < -0.39 is 28.1 Å². The summed E-state index contributed by atoms with van der Waals surface area (Å²) in [6.07, 6.45) is -5.08. The molecule has 2 aromatic rings. The summed E-state index contributed by atoms with van der Waals surface area (Å²) < 4.78 is 65.4. The van der Waals surface area contributed by atoms with Gasteiger partial charge in [-0.1, -0.05) is 18.2 Å². The van der Waals surface area contributed by atoms with Crippen LogP contribution in [0.5, 0.6) is 0 Å². The summed E-state index contributed by atoms with van der Waals surface area (Å²) >= 11 is 0. The molecule has 16 heteroatoms. The van der Waals surface area contributed by atoms with Crippen molar-refractivity contribution in [2.45, 2.75) is 18.0 Å². The molecule has 0 aromatic heterocycles. The summed E-state index contributed by atoms with van der Waals surface area (Å²) in [5.74, 6) is -3.98. The monoisotopic (exact) mass is 604 g/mol. The predicted octanol–water partition coefficient (Wildman–Crippen LogP) is 2.01. The summed E-state index contributed by atoms with van der Waals surface area (Å²) in [7, 11) is -2.36. The number of ether oxygens (including phenoxy) is 1. The molecule has 0 atom stereocenters. The first-order chi connectivity index (χ1) is 19.2. The van der Waals surface area contributed by atoms with E-state index in [1.165, 1.54) is 18.2 Å². The van der Waals surface area contributed by atoms with Crippen molar-refractivity contribution < 1.29 is 50.9 Å². The number of carbonyl (C=O) groups excluding carboxylic acids is 1. The van der Waals surface area contributed by atoms with E-state index in [0.717, 1.165) is 0 Å². The summed E-state index contributed by atoms with van der Waals surface area (Å²) in [4.78, 5) is 36.6. The number of benzene rings is 2. The van der Waals surface area contributed by atoms with Gasteiger partial charge in [-0.15, -0.1) is 0 Å². The normalized spacial score (nSPS) is 14.0. The first kappa shape index (κ1) is 33.3. The molecule has 1 saturated heterocycles. The smallest absolute Gasteiger partial charge is 0.478 e. The number of nitrogens with zero attached hydrogens (tertiary/aromatic N) is 2. The molecule has 2 aromatic carbocycles. The lowest BCUT2D eigenvalue weighted by Crippen LogP contribution is -2.50. The first-order valence-corrected chi connectivity index (χ1v) is 13.6. The van der Waals surface area contributed by atoms with Crippen LogP contribution in [-0.2, 0) is 24.3 Å². The minimum atomic E-state index is -5.08. The Kier molecular flexibility index (Phi) is 11.9. The number of aliphatic carboxylic acids is 1. The Hall–Kier alpha value is -3.89. The molecule has 1 amide bonds. The number of carboxylic acid groups (broad SMARTS) is 2. The fraction of sp³-hybridized carbons (Fsp3) is 0.400. The maximum atomic E-state index is 13.1. The van der Waals surface area contributed by atoms with Gasteiger partial charge in [-0.3, -0.25) is 14.4 Å². The molecular weight excluding hydrogens is 573 g/mol. The highest BCUT2D eigenvalue weighted by molar-refractivity contribution is 7.92. The molecule has 0 aliphatic carbocycles. The van der Waals surface area contributed by atoms with Gasteiger partial charge in [0.1, 0.15) is 0 Å². The maximum absolute atomic E-state index is 13.1. The fourth-order valence-electron chi connectivity index (χ4n) is 3.78. The van der Waals surface area contributed by atoms with Crippen LogP contribution < -0.4 is 14.9 Å². The number of aromatic carboxylic acids is 1. The van der Waals surface area contributed by atoms with Gasteiger partial charge in [-0.2, -0.15) is 13.2 Å². The molecule has 0 spiro atoms. The van der Waals surface area contributed by atoms with E-state index in [9.17, 15) is 36.3 Å². The second kappa shape index (κ2) is 14.7. The summed E-state index contributed by atoms with van der Waals surface area (Å²) in [6.45, 7) is 5.18. The molecule has 1 heterocycles. The molecule has 1 aliphatic heterocycles. The second-order valence-electron chi connectivity index (χ2n) is 8.82. The van der Waals surface area contributed by atoms with Crippen molar-refractivity contribution in [1.82, 2.24) is 10.2 Å². The van der Waals surface area contributed by atoms with E-state index in [1.807, 2.05) is 9.80 Å². The molecule has 4 N–H and O–H groups in total. The van der Waals surface area contributed by atoms with E-state index in [2.05, 4.69) is 10.0 Å². The van der Waals surface area contributed by atoms with Gasteiger partial charge in [0.2, 0.25) is 5.91 Å². The Morgan fingerprint density at radius 3 is 2.17 bits per heavy atom. The molecule has 3 rings (SSSR count). The average Bonchev–Trinajstić information content (AvgIpc) is 2.89. The number of piperazine rings is 1. The third-order valence-corrected chi connectivity index (χ3v) is 7.35. The SMILES string of the molecule is COCCNC(=O)CN1CCN(c2ccc(C(=O)O)cc2NS(=O)(=O)c2ccccc2C)CC1.O=C(O)C(F)(F)F. The zero-order valence-corrected chi connectivity index (χ0v) is 23.1. The predicted molar refractivity (Wildman–Crippen MR) is 143 cm³/mol. The molecule has 12 nitrogen and oxygen atoms in total. The van der Waals surface area contributed by atoms with Gasteiger partial charge in [-0.25, -0.2) is 18.0 Å². The second-order valence-corrected chi connectivity index (χ2v) is 10.5. The Labute approximate surface area is 234 Å². The number of rotatable bonds is 10. The fourth-order valence-corrected chi connectivity index (χ4v) is 5.10. The standard InChI is InChI=1S/C23H30N4O6S.C2HF3O2/c1-17-5-3-4-6-21(17)34(31,32)25-19-15-18(23(29)30)7-8-20(19)27-12-10-26(11-13-27)16-22(28)24-9-14-33-2;3-2(4,5)1(6)7/h3-8,15,25H,9-14,16H2,1-2H3,(H,24,28)(H,29,30);(H,6,7). The molecule has 1 fully saturated rings. The van der Waals surface area contributed by atoms with Crippen molar-refractivity contribution in [2.75, 3.05) is 62.6 Å². The minimum Gasteiger partial charge on any atom is -0.478 e. The Balaban J connectivity index is 0.000000745. The quantitative estimate of drug-likeness (QED) is 0.295. The van der Waals surface area contributed by atoms with Crippen LogP contribution in [0.1, 0.15) is 15.9 Å². The molecule has 0 bridgehead atoms. The molecule has 226 valence electrons. The van der Waals surface area contributed by atoms with Crippen LogP contribution in [-0.4, -0.2) is 101 Å². The van der Waals surface area contributed by atoms with Crippen LogP contribution in [0.15, 0.2) is 47.4 Å². The van der Waals surface area contributed by atoms with Crippen LogP contribution in [0.25, 0.3) is 0 Å². The number of anilines is 2. The average molecular weight is 605 g/mol. The number of halogens is 3. The molecular formula is C25H31F3N4O8S. The highest BCUT2D eigenvalue weighted by Crippen LogP contribution is 2.31. The van der Waals surface area contributed by atoms with Crippen molar-refractivity contribution in [2.24, 2.45) is 0 Å². The Morgan fingerprint density at radius 2 is 1.63 bits per heavy atom. The topological polar surface area (TPSA) is 166 Å². The first-order valence-electron chi connectivity index (χ1n) is 12.1. The number of carboxylic acids is 2. The van der Waals surface area contributed by atoms with E-state index in [-0.39, 0.29) is 28.6 Å². The number of amides is 1. The number of methoxy groups -OCH3 is 1. The van der Waals surface area contributed by atoms with E-state index in [4.69, 9.17) is 14.6 Å². The van der Waals surface area contributed by atoms with Crippen molar-refractivity contribution in [3.63, 3.8) is 0 Å². The number of hydrogen-bond donors (Lipinski definition) is 4. The maximum Gasteiger partial charge on any atom is 0.490 e. The van der Waals surface area contributed by atoms with Crippen LogP contribution in [0.2, 0.25) is 0 Å². The highest BCUT2D eigenvalue weighted by Gasteiger charge is 2.38. The molecule has 0 unspecified atom stereocenters. The number of aryl methyl sites for hydroxylation is 1. The highest BCUT2D eigenvalue weighted by atomic mass is 32.2. The largest absolute Gasteiger partial charge is 0.490 e. The number of nitrogens with one attached hydrogen (secondary N) is 2. The lowest BCUT2D eigenvalue weighted by molar-refractivity contribution is -0.192. The van der Waals surface area contributed by atoms with Gasteiger partial charge in [-0.05, 0) is 36.8 Å². The van der Waals surface area contributed by atoms with Gasteiger partial charge in [0, 0.05) is 39.8 Å². The van der Waals surface area contributed by atoms with Gasteiger partial charge < -0.3 is 25.2 Å². The van der Waals surface area contributed by atoms with Crippen molar-refractivity contribution in [3.05, 3.63) is 53.6 Å². The van der Waals surface area contributed by atoms with Crippen LogP contribution in [0.4, 0.5) is 24.5 Å². The van der Waals surface area contributed by atoms with Crippen LogP contribution in [0.3, 0.4) is 0 Å². The summed E-state index contributed by atoms with van der Waals surface area (Å²) in [5, 5.41) is 19.3. The zero-order chi connectivity index (χ0) is 30.8. The van der Waals surface area contributed by atoms with Crippen molar-refractivity contribution in [1.29, 1.82) is 0 Å². The minimum absolute atomic E-state index is 0.0161. The summed E-state index contributed by atoms with van der Waals surface area (Å²) in [5.41, 5.74) is 1.36. The molecule has 1 aliphatic rings. The molecule has 41 heavy (non-hydrogen) atoms. The lowest BCUT2D eigenvalue weighted by atomic mass is 10.1. The van der Waals surface area contributed by atoms with E-state index in [1.54, 1.807) is 38.3 Å². The number of hydrogen-bond acceptors (Lipinski definition) is 8. The van der Waals surface area contributed by atoms with Crippen molar-refractivity contribution >= 4 is 39.2 Å². The lowest BCUT2D eigenvalue weighted by Gasteiger charge is -2.36. The third-order valence-electron chi connectivity index (χ3n) is 5.82. The number of sulfonamides is 1. The number of carbonyl (C=O) groups is 3. The van der Waals surface area contributed by atoms with E-state index in [0.29, 0.717) is 50.6 Å². The Morgan fingerprint density at radius 1 is 1.02 bits per heavy atom. The van der Waals surface area contributed by atoms with Gasteiger partial charge in [0.05, 0.1) is 35.0 Å².